The van der Waals surface area contributed by atoms with Crippen molar-refractivity contribution in [1.82, 2.24) is 19.7 Å². The van der Waals surface area contributed by atoms with Crippen LogP contribution in [0.5, 0.6) is 0 Å². The molecule has 6 heteroatoms. The van der Waals surface area contributed by atoms with Gasteiger partial charge in [-0.15, -0.1) is 5.10 Å². The zero-order chi connectivity index (χ0) is 19.4. The Labute approximate surface area is 158 Å². The normalized spacial score (nSPS) is 11.7. The van der Waals surface area contributed by atoms with Crippen molar-refractivity contribution < 1.29 is 9.53 Å². The van der Waals surface area contributed by atoms with E-state index in [-0.39, 0.29) is 6.10 Å². The average molecular weight is 362 g/mol. The molecule has 0 aliphatic carbocycles. The number of esters is 1. The topological polar surface area (TPSA) is 69.9 Å². The zero-order valence-electron chi connectivity index (χ0n) is 15.9. The van der Waals surface area contributed by atoms with Crippen molar-refractivity contribution in [2.24, 2.45) is 0 Å². The minimum Gasteiger partial charge on any atom is -0.459 e. The highest BCUT2D eigenvalue weighted by molar-refractivity contribution is 6.20. The van der Waals surface area contributed by atoms with Crippen molar-refractivity contribution in [2.75, 3.05) is 0 Å². The van der Waals surface area contributed by atoms with E-state index in [1.165, 1.54) is 4.68 Å². The lowest BCUT2D eigenvalue weighted by atomic mass is 10.1. The Morgan fingerprint density at radius 2 is 1.78 bits per heavy atom. The second-order valence-electron chi connectivity index (χ2n) is 6.66. The molecule has 6 nitrogen and oxygen atoms in total. The summed E-state index contributed by atoms with van der Waals surface area (Å²) in [5.74, 6) is 0.184. The average Bonchev–Trinajstić information content (AvgIpc) is 3.08. The van der Waals surface area contributed by atoms with Crippen LogP contribution in [0.4, 0.5) is 0 Å². The van der Waals surface area contributed by atoms with Crippen LogP contribution >= 0.6 is 0 Å². The highest BCUT2D eigenvalue weighted by Gasteiger charge is 2.16. The van der Waals surface area contributed by atoms with E-state index < -0.39 is 5.97 Å². The van der Waals surface area contributed by atoms with Crippen LogP contribution in [-0.4, -0.2) is 31.8 Å². The largest absolute Gasteiger partial charge is 0.459 e. The van der Waals surface area contributed by atoms with Gasteiger partial charge in [-0.25, -0.2) is 14.5 Å². The van der Waals surface area contributed by atoms with Crippen LogP contribution in [0.2, 0.25) is 0 Å². The molecule has 0 bridgehead atoms. The van der Waals surface area contributed by atoms with E-state index in [4.69, 9.17) is 4.74 Å². The molecule has 0 aliphatic heterocycles. The number of rotatable bonds is 5. The molecule has 2 heterocycles. The molecule has 0 saturated carbocycles. The number of hydrogen-bond acceptors (Lipinski definition) is 5. The minimum atomic E-state index is -0.417. The first kappa shape index (κ1) is 18.5. The Morgan fingerprint density at radius 1 is 1.11 bits per heavy atom. The van der Waals surface area contributed by atoms with Gasteiger partial charge in [0.2, 0.25) is 0 Å². The molecular formula is C21H22N4O2. The number of pyridine rings is 1. The molecule has 0 fully saturated rings. The Kier molecular flexibility index (Phi) is 5.45. The Bertz CT molecular complexity index is 955. The molecule has 27 heavy (non-hydrogen) atoms. The second-order valence-corrected chi connectivity index (χ2v) is 6.66. The Hall–Kier alpha value is -3.28. The maximum absolute atomic E-state index is 12.6. The summed E-state index contributed by atoms with van der Waals surface area (Å²) < 4.78 is 6.90. The number of benzene rings is 1. The number of hydrogen-bond donors (Lipinski definition) is 0. The quantitative estimate of drug-likeness (QED) is 0.508. The lowest BCUT2D eigenvalue weighted by molar-refractivity contribution is -0.140. The molecule has 0 radical (unpaired) electrons. The summed E-state index contributed by atoms with van der Waals surface area (Å²) in [6, 6.07) is 9.69. The zero-order valence-corrected chi connectivity index (χ0v) is 15.9. The molecule has 2 aromatic heterocycles. The van der Waals surface area contributed by atoms with Gasteiger partial charge in [-0.2, -0.15) is 0 Å². The SMILES string of the molecule is Cc1cc(C)cc(-c2ncn(C=C(C(=O)OC(C)C)c3ccncc3)n2)c1. The number of carbonyl (C=O) groups excluding carboxylic acids is 1. The fourth-order valence-corrected chi connectivity index (χ4v) is 2.76. The smallest absolute Gasteiger partial charge is 0.340 e. The number of carbonyl (C=O) groups is 1. The van der Waals surface area contributed by atoms with Crippen LogP contribution in [0.3, 0.4) is 0 Å². The minimum absolute atomic E-state index is 0.218. The van der Waals surface area contributed by atoms with Crippen LogP contribution in [0.15, 0.2) is 49.1 Å². The predicted molar refractivity (Wildman–Crippen MR) is 105 cm³/mol. The molecule has 3 rings (SSSR count). The molecular weight excluding hydrogens is 340 g/mol. The summed E-state index contributed by atoms with van der Waals surface area (Å²) in [6.45, 7) is 7.71. The number of aryl methyl sites for hydroxylation is 2. The summed E-state index contributed by atoms with van der Waals surface area (Å²) in [5.41, 5.74) is 4.33. The molecule has 138 valence electrons. The third-order valence-electron chi connectivity index (χ3n) is 3.80. The first-order valence-electron chi connectivity index (χ1n) is 8.75. The molecule has 0 saturated heterocycles. The van der Waals surface area contributed by atoms with Crippen molar-refractivity contribution >= 4 is 17.7 Å². The fraction of sp³-hybridized carbons (Fsp3) is 0.238. The standard InChI is InChI=1S/C21H22N4O2/c1-14(2)27-21(26)19(17-5-7-22-8-6-17)12-25-13-23-20(24-25)18-10-15(3)9-16(4)11-18/h5-14H,1-4H3. The highest BCUT2D eigenvalue weighted by atomic mass is 16.5. The highest BCUT2D eigenvalue weighted by Crippen LogP contribution is 2.20. The first-order valence-corrected chi connectivity index (χ1v) is 8.75. The van der Waals surface area contributed by atoms with Crippen molar-refractivity contribution in [3.05, 3.63) is 65.7 Å². The molecule has 1 aromatic carbocycles. The Balaban J connectivity index is 1.98. The van der Waals surface area contributed by atoms with Gasteiger partial charge in [0.15, 0.2) is 5.82 Å². The first-order chi connectivity index (χ1) is 12.9. The van der Waals surface area contributed by atoms with E-state index in [1.807, 2.05) is 39.8 Å². The van der Waals surface area contributed by atoms with Crippen molar-refractivity contribution in [3.8, 4) is 11.4 Å². The van der Waals surface area contributed by atoms with Gasteiger partial charge >= 0.3 is 5.97 Å². The molecule has 3 aromatic rings. The Morgan fingerprint density at radius 3 is 2.41 bits per heavy atom. The summed E-state index contributed by atoms with van der Waals surface area (Å²) in [7, 11) is 0. The van der Waals surface area contributed by atoms with E-state index in [9.17, 15) is 4.79 Å². The number of nitrogens with zero attached hydrogens (tertiary/aromatic N) is 4. The van der Waals surface area contributed by atoms with Gasteiger partial charge in [-0.1, -0.05) is 17.2 Å². The fourth-order valence-electron chi connectivity index (χ4n) is 2.76. The number of aromatic nitrogens is 4. The van der Waals surface area contributed by atoms with Gasteiger partial charge in [0.25, 0.3) is 0 Å². The monoisotopic (exact) mass is 362 g/mol. The maximum atomic E-state index is 12.6. The third kappa shape index (κ3) is 4.67. The lowest BCUT2D eigenvalue weighted by Crippen LogP contribution is -2.13. The van der Waals surface area contributed by atoms with Gasteiger partial charge in [-0.05, 0) is 57.5 Å². The summed E-state index contributed by atoms with van der Waals surface area (Å²) in [4.78, 5) is 20.9. The van der Waals surface area contributed by atoms with E-state index in [1.54, 1.807) is 37.1 Å². The van der Waals surface area contributed by atoms with Crippen LogP contribution in [0, 0.1) is 13.8 Å². The molecule has 0 N–H and O–H groups in total. The van der Waals surface area contributed by atoms with Gasteiger partial charge in [0, 0.05) is 24.2 Å². The predicted octanol–water partition coefficient (Wildman–Crippen LogP) is 3.91. The maximum Gasteiger partial charge on any atom is 0.340 e. The molecule has 0 spiro atoms. The van der Waals surface area contributed by atoms with E-state index in [0.717, 1.165) is 16.7 Å². The summed E-state index contributed by atoms with van der Waals surface area (Å²) in [6.07, 6.45) is 6.25. The van der Waals surface area contributed by atoms with Crippen LogP contribution < -0.4 is 0 Å². The third-order valence-corrected chi connectivity index (χ3v) is 3.80. The molecule has 0 amide bonds. The van der Waals surface area contributed by atoms with Gasteiger partial charge in [0.05, 0.1) is 11.7 Å². The number of ether oxygens (including phenoxy) is 1. The molecule has 0 aliphatic rings. The van der Waals surface area contributed by atoms with Gasteiger partial charge in [-0.3, -0.25) is 4.98 Å². The van der Waals surface area contributed by atoms with Crippen LogP contribution in [0.25, 0.3) is 23.2 Å². The second kappa shape index (κ2) is 7.95. The van der Waals surface area contributed by atoms with Gasteiger partial charge in [0.1, 0.15) is 6.33 Å². The van der Waals surface area contributed by atoms with E-state index in [2.05, 4.69) is 21.1 Å². The van der Waals surface area contributed by atoms with E-state index >= 15 is 0 Å². The van der Waals surface area contributed by atoms with Crippen molar-refractivity contribution in [3.63, 3.8) is 0 Å². The lowest BCUT2D eigenvalue weighted by Gasteiger charge is -2.11. The van der Waals surface area contributed by atoms with Crippen LogP contribution in [0.1, 0.15) is 30.5 Å². The molecule has 0 atom stereocenters. The summed E-state index contributed by atoms with van der Waals surface area (Å²) in [5, 5.41) is 4.50. The summed E-state index contributed by atoms with van der Waals surface area (Å²) >= 11 is 0. The van der Waals surface area contributed by atoms with Gasteiger partial charge < -0.3 is 4.74 Å². The van der Waals surface area contributed by atoms with Crippen molar-refractivity contribution in [2.45, 2.75) is 33.8 Å². The molecule has 0 unspecified atom stereocenters. The van der Waals surface area contributed by atoms with E-state index in [0.29, 0.717) is 17.0 Å². The van der Waals surface area contributed by atoms with Crippen LogP contribution in [-0.2, 0) is 9.53 Å². The van der Waals surface area contributed by atoms with Crippen molar-refractivity contribution in [1.29, 1.82) is 0 Å².